The van der Waals surface area contributed by atoms with Crippen LogP contribution >= 0.6 is 0 Å². The average molecular weight is 150 g/mol. The van der Waals surface area contributed by atoms with E-state index in [0.717, 1.165) is 24.3 Å². The number of fused-ring (bicyclic) bond motifs is 1. The number of amides is 1. The number of hydrogen-bond acceptors (Lipinski definition) is 1. The summed E-state index contributed by atoms with van der Waals surface area (Å²) < 4.78 is 1.99. The molecule has 0 radical (unpaired) electrons. The second kappa shape index (κ2) is 2.12. The highest BCUT2D eigenvalue weighted by Gasteiger charge is 2.17. The summed E-state index contributed by atoms with van der Waals surface area (Å²) in [6.45, 7) is 3.60. The number of aromatic nitrogens is 1. The van der Waals surface area contributed by atoms with Gasteiger partial charge in [-0.05, 0) is 18.6 Å². The summed E-state index contributed by atoms with van der Waals surface area (Å²) in [6.07, 6.45) is 1.96. The molecular weight excluding hydrogens is 140 g/mol. The van der Waals surface area contributed by atoms with Gasteiger partial charge >= 0.3 is 0 Å². The fourth-order valence-corrected chi connectivity index (χ4v) is 1.45. The van der Waals surface area contributed by atoms with Crippen LogP contribution in [0.1, 0.15) is 16.1 Å². The molecule has 1 N–H and O–H groups in total. The Morgan fingerprint density at radius 1 is 1.64 bits per heavy atom. The van der Waals surface area contributed by atoms with E-state index in [1.807, 2.05) is 23.8 Å². The van der Waals surface area contributed by atoms with E-state index >= 15 is 0 Å². The van der Waals surface area contributed by atoms with Crippen LogP contribution in [-0.2, 0) is 6.54 Å². The first kappa shape index (κ1) is 6.46. The average Bonchev–Trinajstić information content (AvgIpc) is 2.34. The van der Waals surface area contributed by atoms with Gasteiger partial charge in [0, 0.05) is 19.3 Å². The Kier molecular flexibility index (Phi) is 1.24. The molecule has 1 aromatic rings. The molecule has 2 heterocycles. The number of carbonyl (C=O) groups is 1. The lowest BCUT2D eigenvalue weighted by molar-refractivity contribution is 0.0927. The van der Waals surface area contributed by atoms with Crippen LogP contribution in [0.5, 0.6) is 0 Å². The minimum absolute atomic E-state index is 0.0544. The van der Waals surface area contributed by atoms with Crippen molar-refractivity contribution < 1.29 is 4.79 Å². The van der Waals surface area contributed by atoms with E-state index in [1.165, 1.54) is 0 Å². The van der Waals surface area contributed by atoms with Crippen LogP contribution < -0.4 is 5.32 Å². The predicted octanol–water partition coefficient (Wildman–Crippen LogP) is 0.540. The number of rotatable bonds is 0. The zero-order valence-corrected chi connectivity index (χ0v) is 6.42. The number of aryl methyl sites for hydroxylation is 1. The Bertz CT molecular complexity index is 301. The molecule has 0 unspecified atom stereocenters. The maximum Gasteiger partial charge on any atom is 0.268 e. The first-order valence-corrected chi connectivity index (χ1v) is 3.73. The van der Waals surface area contributed by atoms with Crippen molar-refractivity contribution in [2.45, 2.75) is 13.5 Å². The van der Waals surface area contributed by atoms with Crippen molar-refractivity contribution >= 4 is 5.91 Å². The van der Waals surface area contributed by atoms with Crippen molar-refractivity contribution in [2.24, 2.45) is 0 Å². The fourth-order valence-electron chi connectivity index (χ4n) is 1.45. The Labute approximate surface area is 65.0 Å². The van der Waals surface area contributed by atoms with E-state index in [2.05, 4.69) is 5.32 Å². The fraction of sp³-hybridized carbons (Fsp3) is 0.375. The van der Waals surface area contributed by atoms with E-state index in [-0.39, 0.29) is 5.91 Å². The summed E-state index contributed by atoms with van der Waals surface area (Å²) in [4.78, 5) is 11.2. The molecule has 0 aromatic carbocycles. The molecule has 1 aliphatic rings. The number of nitrogens with zero attached hydrogens (tertiary/aromatic N) is 1. The van der Waals surface area contributed by atoms with E-state index in [9.17, 15) is 4.79 Å². The van der Waals surface area contributed by atoms with Crippen LogP contribution in [0.15, 0.2) is 12.3 Å². The van der Waals surface area contributed by atoms with Crippen LogP contribution in [0.2, 0.25) is 0 Å². The third-order valence-corrected chi connectivity index (χ3v) is 2.02. The first-order valence-electron chi connectivity index (χ1n) is 3.73. The molecule has 3 nitrogen and oxygen atoms in total. The maximum absolute atomic E-state index is 11.2. The second-order valence-corrected chi connectivity index (χ2v) is 2.80. The normalized spacial score (nSPS) is 15.9. The largest absolute Gasteiger partial charge is 0.349 e. The van der Waals surface area contributed by atoms with E-state index < -0.39 is 0 Å². The molecule has 0 spiro atoms. The van der Waals surface area contributed by atoms with Gasteiger partial charge in [0.05, 0.1) is 0 Å². The highest BCUT2D eigenvalue weighted by Crippen LogP contribution is 2.11. The van der Waals surface area contributed by atoms with Gasteiger partial charge in [-0.1, -0.05) is 0 Å². The predicted molar refractivity (Wildman–Crippen MR) is 41.5 cm³/mol. The number of nitrogens with one attached hydrogen (secondary N) is 1. The van der Waals surface area contributed by atoms with Crippen molar-refractivity contribution in [3.63, 3.8) is 0 Å². The van der Waals surface area contributed by atoms with Crippen LogP contribution in [0.3, 0.4) is 0 Å². The molecule has 58 valence electrons. The minimum Gasteiger partial charge on any atom is -0.349 e. The summed E-state index contributed by atoms with van der Waals surface area (Å²) in [5, 5.41) is 2.81. The van der Waals surface area contributed by atoms with Crippen LogP contribution in [0, 0.1) is 6.92 Å². The lowest BCUT2D eigenvalue weighted by Crippen LogP contribution is -2.35. The Hall–Kier alpha value is -1.25. The smallest absolute Gasteiger partial charge is 0.268 e. The van der Waals surface area contributed by atoms with Gasteiger partial charge in [-0.15, -0.1) is 0 Å². The third-order valence-electron chi connectivity index (χ3n) is 2.02. The van der Waals surface area contributed by atoms with Crippen molar-refractivity contribution in [1.82, 2.24) is 9.88 Å². The van der Waals surface area contributed by atoms with Crippen molar-refractivity contribution in [3.05, 3.63) is 23.5 Å². The summed E-state index contributed by atoms with van der Waals surface area (Å²) in [7, 11) is 0. The summed E-state index contributed by atoms with van der Waals surface area (Å²) >= 11 is 0. The lowest BCUT2D eigenvalue weighted by atomic mass is 10.2. The van der Waals surface area contributed by atoms with Crippen LogP contribution in [-0.4, -0.2) is 17.0 Å². The molecule has 2 rings (SSSR count). The van der Waals surface area contributed by atoms with Gasteiger partial charge in [0.25, 0.3) is 5.91 Å². The van der Waals surface area contributed by atoms with Gasteiger partial charge in [0.2, 0.25) is 0 Å². The number of hydrogen-bond donors (Lipinski definition) is 1. The van der Waals surface area contributed by atoms with Crippen molar-refractivity contribution in [1.29, 1.82) is 0 Å². The number of carbonyl (C=O) groups excluding carboxylic acids is 1. The monoisotopic (exact) mass is 150 g/mol. The van der Waals surface area contributed by atoms with Gasteiger partial charge in [-0.25, -0.2) is 0 Å². The molecule has 0 atom stereocenters. The zero-order chi connectivity index (χ0) is 7.84. The maximum atomic E-state index is 11.2. The standard InChI is InChI=1S/C8H10N2O/c1-6-2-4-10-5-3-9-8(11)7(6)10/h2,4H,3,5H2,1H3,(H,9,11). The van der Waals surface area contributed by atoms with Gasteiger partial charge in [-0.2, -0.15) is 0 Å². The molecule has 0 aliphatic carbocycles. The lowest BCUT2D eigenvalue weighted by Gasteiger charge is -2.16. The van der Waals surface area contributed by atoms with Gasteiger partial charge in [0.15, 0.2) is 0 Å². The van der Waals surface area contributed by atoms with Crippen molar-refractivity contribution in [2.75, 3.05) is 6.54 Å². The Morgan fingerprint density at radius 3 is 3.18 bits per heavy atom. The molecule has 1 amide bonds. The minimum atomic E-state index is 0.0544. The molecule has 0 saturated heterocycles. The zero-order valence-electron chi connectivity index (χ0n) is 6.42. The Morgan fingerprint density at radius 2 is 2.45 bits per heavy atom. The Balaban J connectivity index is 2.56. The third kappa shape index (κ3) is 0.843. The SMILES string of the molecule is Cc1ccn2c1C(=O)NCC2. The van der Waals surface area contributed by atoms with Crippen LogP contribution in [0.4, 0.5) is 0 Å². The molecule has 1 aliphatic heterocycles. The topological polar surface area (TPSA) is 34.0 Å². The van der Waals surface area contributed by atoms with Gasteiger partial charge in [0.1, 0.15) is 5.69 Å². The quantitative estimate of drug-likeness (QED) is 0.575. The molecule has 0 bridgehead atoms. The summed E-state index contributed by atoms with van der Waals surface area (Å²) in [5.41, 5.74) is 1.87. The highest BCUT2D eigenvalue weighted by molar-refractivity contribution is 5.94. The highest BCUT2D eigenvalue weighted by atomic mass is 16.2. The summed E-state index contributed by atoms with van der Waals surface area (Å²) in [5.74, 6) is 0.0544. The van der Waals surface area contributed by atoms with Crippen molar-refractivity contribution in [3.8, 4) is 0 Å². The van der Waals surface area contributed by atoms with Crippen LogP contribution in [0.25, 0.3) is 0 Å². The van der Waals surface area contributed by atoms with E-state index in [0.29, 0.717) is 0 Å². The molecular formula is C8H10N2O. The molecule has 3 heteroatoms. The second-order valence-electron chi connectivity index (χ2n) is 2.80. The van der Waals surface area contributed by atoms with Gasteiger partial charge < -0.3 is 9.88 Å². The summed E-state index contributed by atoms with van der Waals surface area (Å²) in [6, 6.07) is 1.97. The van der Waals surface area contributed by atoms with E-state index in [4.69, 9.17) is 0 Å². The molecule has 11 heavy (non-hydrogen) atoms. The van der Waals surface area contributed by atoms with Gasteiger partial charge in [-0.3, -0.25) is 4.79 Å². The molecule has 0 saturated carbocycles. The van der Waals surface area contributed by atoms with E-state index in [1.54, 1.807) is 0 Å². The molecule has 1 aromatic heterocycles. The first-order chi connectivity index (χ1) is 5.29. The molecule has 0 fully saturated rings.